The van der Waals surface area contributed by atoms with Crippen molar-refractivity contribution >= 4 is 23.5 Å². The smallest absolute Gasteiger partial charge is 0.316 e. The third kappa shape index (κ3) is 5.37. The van der Waals surface area contributed by atoms with Gasteiger partial charge in [0, 0.05) is 12.2 Å². The standard InChI is InChI=1S/C18H22N4O4/c1-11(2)15(22-16(23)14-4-3-9-26-14)17(24)20-10-12-5-7-13(8-6-12)21-18(19)25/h3-9,11,15H,10H2,1-2H3,(H,20,24)(H,22,23)(H3,19,21,25). The Kier molecular flexibility index (Phi) is 6.37. The molecule has 1 aromatic carbocycles. The van der Waals surface area contributed by atoms with E-state index < -0.39 is 18.0 Å². The normalized spacial score (nSPS) is 11.7. The minimum Gasteiger partial charge on any atom is -0.459 e. The molecule has 8 heteroatoms. The highest BCUT2D eigenvalue weighted by atomic mass is 16.3. The van der Waals surface area contributed by atoms with Crippen molar-refractivity contribution in [3.63, 3.8) is 0 Å². The Morgan fingerprint density at radius 1 is 1.12 bits per heavy atom. The third-order valence-electron chi connectivity index (χ3n) is 3.67. The highest BCUT2D eigenvalue weighted by molar-refractivity contribution is 5.95. The minimum atomic E-state index is -0.691. The molecule has 0 spiro atoms. The fourth-order valence-corrected chi connectivity index (χ4v) is 2.30. The summed E-state index contributed by atoms with van der Waals surface area (Å²) in [5, 5.41) is 7.93. The second kappa shape index (κ2) is 8.70. The number of benzene rings is 1. The summed E-state index contributed by atoms with van der Waals surface area (Å²) in [5.41, 5.74) is 6.46. The van der Waals surface area contributed by atoms with Crippen molar-refractivity contribution in [3.8, 4) is 0 Å². The van der Waals surface area contributed by atoms with Crippen LogP contribution in [0.2, 0.25) is 0 Å². The molecule has 8 nitrogen and oxygen atoms in total. The predicted molar refractivity (Wildman–Crippen MR) is 96.3 cm³/mol. The van der Waals surface area contributed by atoms with E-state index in [0.29, 0.717) is 5.69 Å². The van der Waals surface area contributed by atoms with Gasteiger partial charge < -0.3 is 26.1 Å². The molecule has 26 heavy (non-hydrogen) atoms. The Morgan fingerprint density at radius 2 is 1.81 bits per heavy atom. The molecule has 1 unspecified atom stereocenters. The monoisotopic (exact) mass is 358 g/mol. The molecule has 2 aromatic rings. The van der Waals surface area contributed by atoms with E-state index in [1.807, 2.05) is 13.8 Å². The zero-order valence-corrected chi connectivity index (χ0v) is 14.6. The number of carbonyl (C=O) groups excluding carboxylic acids is 3. The van der Waals surface area contributed by atoms with E-state index in [-0.39, 0.29) is 24.1 Å². The molecule has 2 rings (SSSR count). The van der Waals surface area contributed by atoms with Gasteiger partial charge in [0.1, 0.15) is 6.04 Å². The maximum Gasteiger partial charge on any atom is 0.316 e. The van der Waals surface area contributed by atoms with Crippen LogP contribution in [0.3, 0.4) is 0 Å². The van der Waals surface area contributed by atoms with E-state index in [9.17, 15) is 14.4 Å². The summed E-state index contributed by atoms with van der Waals surface area (Å²) in [6.45, 7) is 3.98. The van der Waals surface area contributed by atoms with Crippen molar-refractivity contribution in [2.75, 3.05) is 5.32 Å². The van der Waals surface area contributed by atoms with E-state index in [0.717, 1.165) is 5.56 Å². The number of rotatable bonds is 7. The molecule has 0 bridgehead atoms. The lowest BCUT2D eigenvalue weighted by molar-refractivity contribution is -0.124. The lowest BCUT2D eigenvalue weighted by Crippen LogP contribution is -2.49. The number of primary amides is 1. The first-order valence-corrected chi connectivity index (χ1v) is 8.14. The first-order chi connectivity index (χ1) is 12.4. The quantitative estimate of drug-likeness (QED) is 0.602. The molecule has 0 saturated heterocycles. The van der Waals surface area contributed by atoms with Gasteiger partial charge in [0.2, 0.25) is 5.91 Å². The zero-order chi connectivity index (χ0) is 19.1. The van der Waals surface area contributed by atoms with Gasteiger partial charge in [-0.25, -0.2) is 4.79 Å². The maximum absolute atomic E-state index is 12.4. The molecule has 0 saturated carbocycles. The Balaban J connectivity index is 1.93. The lowest BCUT2D eigenvalue weighted by atomic mass is 10.0. The number of amides is 4. The van der Waals surface area contributed by atoms with Gasteiger partial charge in [-0.2, -0.15) is 0 Å². The lowest BCUT2D eigenvalue weighted by Gasteiger charge is -2.21. The Bertz CT molecular complexity index is 754. The number of urea groups is 1. The van der Waals surface area contributed by atoms with E-state index >= 15 is 0 Å². The van der Waals surface area contributed by atoms with E-state index in [1.165, 1.54) is 12.3 Å². The van der Waals surface area contributed by atoms with Crippen LogP contribution < -0.4 is 21.7 Å². The minimum absolute atomic E-state index is 0.101. The SMILES string of the molecule is CC(C)C(NC(=O)c1ccco1)C(=O)NCc1ccc(NC(N)=O)cc1. The number of nitrogens with one attached hydrogen (secondary N) is 3. The summed E-state index contributed by atoms with van der Waals surface area (Å²) in [6, 6.07) is 8.70. The van der Waals surface area contributed by atoms with Crippen molar-refractivity contribution in [2.45, 2.75) is 26.4 Å². The van der Waals surface area contributed by atoms with Gasteiger partial charge in [-0.1, -0.05) is 26.0 Å². The number of nitrogens with two attached hydrogens (primary N) is 1. The number of hydrogen-bond donors (Lipinski definition) is 4. The summed E-state index contributed by atoms with van der Waals surface area (Å²) >= 11 is 0. The van der Waals surface area contributed by atoms with Crippen LogP contribution in [0.1, 0.15) is 30.0 Å². The highest BCUT2D eigenvalue weighted by Crippen LogP contribution is 2.10. The van der Waals surface area contributed by atoms with Gasteiger partial charge >= 0.3 is 6.03 Å². The van der Waals surface area contributed by atoms with E-state index in [2.05, 4.69) is 16.0 Å². The molecular formula is C18H22N4O4. The van der Waals surface area contributed by atoms with Gasteiger partial charge in [-0.15, -0.1) is 0 Å². The Hall–Kier alpha value is -3.29. The predicted octanol–water partition coefficient (Wildman–Crippen LogP) is 1.84. The third-order valence-corrected chi connectivity index (χ3v) is 3.67. The molecule has 138 valence electrons. The molecule has 0 fully saturated rings. The van der Waals surface area contributed by atoms with Gasteiger partial charge in [-0.05, 0) is 35.7 Å². The first-order valence-electron chi connectivity index (χ1n) is 8.14. The van der Waals surface area contributed by atoms with Crippen LogP contribution in [0.15, 0.2) is 47.1 Å². The van der Waals surface area contributed by atoms with Crippen molar-refractivity contribution < 1.29 is 18.8 Å². The summed E-state index contributed by atoms with van der Waals surface area (Å²) in [6.07, 6.45) is 1.40. The van der Waals surface area contributed by atoms with E-state index in [4.69, 9.17) is 10.2 Å². The molecule has 0 radical (unpaired) electrons. The average molecular weight is 358 g/mol. The molecule has 0 aliphatic rings. The Morgan fingerprint density at radius 3 is 2.35 bits per heavy atom. The molecule has 1 aromatic heterocycles. The molecule has 1 heterocycles. The van der Waals surface area contributed by atoms with Crippen LogP contribution >= 0.6 is 0 Å². The number of furan rings is 1. The average Bonchev–Trinajstić information content (AvgIpc) is 3.12. The Labute approximate surface area is 151 Å². The molecule has 0 aliphatic heterocycles. The van der Waals surface area contributed by atoms with Crippen LogP contribution in [0, 0.1) is 5.92 Å². The number of hydrogen-bond acceptors (Lipinski definition) is 4. The van der Waals surface area contributed by atoms with Crippen molar-refractivity contribution in [2.24, 2.45) is 11.7 Å². The van der Waals surface area contributed by atoms with Crippen LogP contribution in [0.4, 0.5) is 10.5 Å². The summed E-state index contributed by atoms with van der Waals surface area (Å²) in [5.74, 6) is -0.679. The first kappa shape index (κ1) is 19.0. The van der Waals surface area contributed by atoms with Gasteiger partial charge in [0.25, 0.3) is 5.91 Å². The fourth-order valence-electron chi connectivity index (χ4n) is 2.30. The van der Waals surface area contributed by atoms with Gasteiger partial charge in [0.05, 0.1) is 6.26 Å². The van der Waals surface area contributed by atoms with Crippen LogP contribution in [0.5, 0.6) is 0 Å². The van der Waals surface area contributed by atoms with Crippen LogP contribution in [-0.4, -0.2) is 23.9 Å². The van der Waals surface area contributed by atoms with Crippen molar-refractivity contribution in [1.29, 1.82) is 0 Å². The molecule has 0 aliphatic carbocycles. The number of anilines is 1. The largest absolute Gasteiger partial charge is 0.459 e. The van der Waals surface area contributed by atoms with Crippen molar-refractivity contribution in [1.82, 2.24) is 10.6 Å². The van der Waals surface area contributed by atoms with Gasteiger partial charge in [-0.3, -0.25) is 9.59 Å². The highest BCUT2D eigenvalue weighted by Gasteiger charge is 2.25. The zero-order valence-electron chi connectivity index (χ0n) is 14.6. The molecule has 5 N–H and O–H groups in total. The molecule has 4 amide bonds. The fraction of sp³-hybridized carbons (Fsp3) is 0.278. The van der Waals surface area contributed by atoms with Crippen LogP contribution in [-0.2, 0) is 11.3 Å². The van der Waals surface area contributed by atoms with Gasteiger partial charge in [0.15, 0.2) is 5.76 Å². The maximum atomic E-state index is 12.4. The summed E-state index contributed by atoms with van der Waals surface area (Å²) < 4.78 is 5.04. The van der Waals surface area contributed by atoms with Crippen LogP contribution in [0.25, 0.3) is 0 Å². The topological polar surface area (TPSA) is 126 Å². The van der Waals surface area contributed by atoms with Crippen molar-refractivity contribution in [3.05, 3.63) is 54.0 Å². The number of carbonyl (C=O) groups is 3. The summed E-state index contributed by atoms with van der Waals surface area (Å²) in [4.78, 5) is 35.3. The summed E-state index contributed by atoms with van der Waals surface area (Å²) in [7, 11) is 0. The molecule has 1 atom stereocenters. The second-order valence-electron chi connectivity index (χ2n) is 6.08. The molecular weight excluding hydrogens is 336 g/mol. The second-order valence-corrected chi connectivity index (χ2v) is 6.08. The van der Waals surface area contributed by atoms with E-state index in [1.54, 1.807) is 30.3 Å².